The van der Waals surface area contributed by atoms with Gasteiger partial charge in [-0.25, -0.2) is 4.52 Å². The lowest BCUT2D eigenvalue weighted by Crippen LogP contribution is -2.63. The smallest absolute Gasteiger partial charge is 0.251 e. The summed E-state index contributed by atoms with van der Waals surface area (Å²) in [6.45, 7) is 5.75. The average Bonchev–Trinajstić information content (AvgIpc) is 3.62. The molecule has 6 rings (SSSR count). The number of carbonyl (C=O) groups excluding carboxylic acids is 1. The van der Waals surface area contributed by atoms with Gasteiger partial charge in [-0.1, -0.05) is 13.0 Å². The van der Waals surface area contributed by atoms with Crippen molar-refractivity contribution in [3.8, 4) is 6.07 Å². The molecule has 5 heterocycles. The molecule has 206 valence electrons. The molecule has 1 aromatic carbocycles. The number of anilines is 3. The quantitative estimate of drug-likeness (QED) is 0.284. The SMILES string of the molecule is CCc1cnn(C2(CC#N)CN(c3cccn4nc(Nc5ccc(C(=O)NCc6ccc(C)nc6)cc5)nc34)C2)c1. The van der Waals surface area contributed by atoms with E-state index >= 15 is 0 Å². The first-order valence-corrected chi connectivity index (χ1v) is 13.5. The molecule has 1 aliphatic rings. The maximum absolute atomic E-state index is 12.6. The molecular weight excluding hydrogens is 516 g/mol. The van der Waals surface area contributed by atoms with Crippen LogP contribution in [0.15, 0.2) is 73.3 Å². The average molecular weight is 547 g/mol. The lowest BCUT2D eigenvalue weighted by atomic mass is 9.86. The predicted octanol–water partition coefficient (Wildman–Crippen LogP) is 3.99. The first-order chi connectivity index (χ1) is 20.0. The summed E-state index contributed by atoms with van der Waals surface area (Å²) in [5.41, 5.74) is 5.67. The Balaban J connectivity index is 1.13. The van der Waals surface area contributed by atoms with Gasteiger partial charge in [0.15, 0.2) is 5.65 Å². The van der Waals surface area contributed by atoms with E-state index in [0.29, 0.717) is 37.6 Å². The van der Waals surface area contributed by atoms with Crippen LogP contribution in [-0.4, -0.2) is 48.4 Å². The molecule has 1 aliphatic heterocycles. The number of fused-ring (bicyclic) bond motifs is 1. The van der Waals surface area contributed by atoms with Crippen LogP contribution in [0.5, 0.6) is 0 Å². The molecule has 41 heavy (non-hydrogen) atoms. The number of rotatable bonds is 9. The number of nitrogens with one attached hydrogen (secondary N) is 2. The normalized spacial score (nSPS) is 13.9. The maximum Gasteiger partial charge on any atom is 0.251 e. The number of amides is 1. The van der Waals surface area contributed by atoms with E-state index in [4.69, 9.17) is 4.98 Å². The van der Waals surface area contributed by atoms with Gasteiger partial charge in [-0.3, -0.25) is 14.5 Å². The minimum Gasteiger partial charge on any atom is -0.363 e. The van der Waals surface area contributed by atoms with Gasteiger partial charge in [-0.15, -0.1) is 5.10 Å². The Labute approximate surface area is 237 Å². The van der Waals surface area contributed by atoms with Crippen LogP contribution >= 0.6 is 0 Å². The van der Waals surface area contributed by atoms with Crippen molar-refractivity contribution in [1.82, 2.24) is 34.7 Å². The fourth-order valence-electron chi connectivity index (χ4n) is 5.03. The third kappa shape index (κ3) is 5.19. The van der Waals surface area contributed by atoms with Crippen molar-refractivity contribution in [1.29, 1.82) is 5.26 Å². The monoisotopic (exact) mass is 546 g/mol. The highest BCUT2D eigenvalue weighted by atomic mass is 16.1. The molecule has 5 aromatic rings. The first kappa shape index (κ1) is 26.0. The molecule has 0 radical (unpaired) electrons. The summed E-state index contributed by atoms with van der Waals surface area (Å²) in [6.07, 6.45) is 8.84. The van der Waals surface area contributed by atoms with Crippen LogP contribution < -0.4 is 15.5 Å². The molecule has 0 saturated carbocycles. The van der Waals surface area contributed by atoms with Crippen molar-refractivity contribution in [3.63, 3.8) is 0 Å². The van der Waals surface area contributed by atoms with E-state index in [0.717, 1.165) is 40.3 Å². The zero-order chi connectivity index (χ0) is 28.4. The highest BCUT2D eigenvalue weighted by molar-refractivity contribution is 5.94. The minimum atomic E-state index is -0.360. The van der Waals surface area contributed by atoms with E-state index in [1.807, 2.05) is 66.6 Å². The molecule has 4 aromatic heterocycles. The van der Waals surface area contributed by atoms with Gasteiger partial charge in [-0.2, -0.15) is 15.3 Å². The van der Waals surface area contributed by atoms with Gasteiger partial charge in [0.2, 0.25) is 5.95 Å². The van der Waals surface area contributed by atoms with Crippen molar-refractivity contribution in [2.45, 2.75) is 38.8 Å². The number of aromatic nitrogens is 6. The van der Waals surface area contributed by atoms with Gasteiger partial charge in [0, 0.05) is 55.2 Å². The molecule has 11 nitrogen and oxygen atoms in total. The molecular formula is C30H30N10O. The molecule has 0 spiro atoms. The number of hydrogen-bond acceptors (Lipinski definition) is 8. The van der Waals surface area contributed by atoms with Crippen LogP contribution in [0.1, 0.15) is 40.5 Å². The van der Waals surface area contributed by atoms with Gasteiger partial charge in [-0.05, 0) is 66.9 Å². The first-order valence-electron chi connectivity index (χ1n) is 13.5. The molecule has 1 fully saturated rings. The van der Waals surface area contributed by atoms with Crippen LogP contribution in [0, 0.1) is 18.3 Å². The van der Waals surface area contributed by atoms with Gasteiger partial charge in [0.1, 0.15) is 5.54 Å². The zero-order valence-corrected chi connectivity index (χ0v) is 22.9. The van der Waals surface area contributed by atoms with Crippen molar-refractivity contribution < 1.29 is 4.79 Å². The van der Waals surface area contributed by atoms with Gasteiger partial charge in [0.25, 0.3) is 5.91 Å². The fourth-order valence-corrected chi connectivity index (χ4v) is 5.03. The summed E-state index contributed by atoms with van der Waals surface area (Å²) in [5, 5.41) is 24.8. The van der Waals surface area contributed by atoms with E-state index in [9.17, 15) is 10.1 Å². The standard InChI is InChI=1S/C30H30N10O/c1-3-22-17-34-40(18-22)30(12-13-31)19-38(20-30)26-5-4-14-39-27(26)36-29(37-39)35-25-10-8-24(9-11-25)28(41)33-16-23-7-6-21(2)32-15-23/h4-11,14-15,17-18H,3,12,16,19-20H2,1-2H3,(H,33,41)(H,35,37). The molecule has 0 atom stereocenters. The van der Waals surface area contributed by atoms with Crippen molar-refractivity contribution in [3.05, 3.63) is 95.7 Å². The Hall–Kier alpha value is -5.24. The van der Waals surface area contributed by atoms with E-state index < -0.39 is 0 Å². The third-order valence-corrected chi connectivity index (χ3v) is 7.42. The second-order valence-electron chi connectivity index (χ2n) is 10.4. The van der Waals surface area contributed by atoms with Crippen molar-refractivity contribution in [2.24, 2.45) is 0 Å². The second-order valence-corrected chi connectivity index (χ2v) is 10.4. The number of carbonyl (C=O) groups is 1. The van der Waals surface area contributed by atoms with Crippen LogP contribution in [-0.2, 0) is 18.5 Å². The Bertz CT molecular complexity index is 1720. The Morgan fingerprint density at radius 3 is 2.63 bits per heavy atom. The summed E-state index contributed by atoms with van der Waals surface area (Å²) < 4.78 is 3.69. The summed E-state index contributed by atoms with van der Waals surface area (Å²) in [6, 6.07) is 17.4. The molecule has 11 heteroatoms. The molecule has 1 saturated heterocycles. The molecule has 0 bridgehead atoms. The summed E-state index contributed by atoms with van der Waals surface area (Å²) >= 11 is 0. The summed E-state index contributed by atoms with van der Waals surface area (Å²) in [4.78, 5) is 23.8. The highest BCUT2D eigenvalue weighted by Crippen LogP contribution is 2.37. The second kappa shape index (κ2) is 10.7. The Morgan fingerprint density at radius 2 is 1.93 bits per heavy atom. The summed E-state index contributed by atoms with van der Waals surface area (Å²) in [7, 11) is 0. The van der Waals surface area contributed by atoms with Gasteiger partial charge in [0.05, 0.1) is 24.4 Å². The van der Waals surface area contributed by atoms with Gasteiger partial charge < -0.3 is 15.5 Å². The predicted molar refractivity (Wildman–Crippen MR) is 155 cm³/mol. The Kier molecular flexibility index (Phi) is 6.81. The van der Waals surface area contributed by atoms with E-state index in [-0.39, 0.29) is 11.4 Å². The number of nitrogens with zero attached hydrogens (tertiary/aromatic N) is 8. The minimum absolute atomic E-state index is 0.157. The zero-order valence-electron chi connectivity index (χ0n) is 22.9. The van der Waals surface area contributed by atoms with E-state index in [1.54, 1.807) is 22.8 Å². The highest BCUT2D eigenvalue weighted by Gasteiger charge is 2.46. The van der Waals surface area contributed by atoms with Crippen LogP contribution in [0.25, 0.3) is 5.65 Å². The van der Waals surface area contributed by atoms with Crippen molar-refractivity contribution >= 4 is 28.9 Å². The van der Waals surface area contributed by atoms with E-state index in [2.05, 4.69) is 43.7 Å². The third-order valence-electron chi connectivity index (χ3n) is 7.42. The van der Waals surface area contributed by atoms with Crippen LogP contribution in [0.2, 0.25) is 0 Å². The number of benzene rings is 1. The lowest BCUT2D eigenvalue weighted by Gasteiger charge is -2.50. The largest absolute Gasteiger partial charge is 0.363 e. The topological polar surface area (TPSA) is 129 Å². The fraction of sp³-hybridized carbons (Fsp3) is 0.267. The number of aryl methyl sites for hydroxylation is 2. The van der Waals surface area contributed by atoms with Gasteiger partial charge >= 0.3 is 0 Å². The number of hydrogen-bond donors (Lipinski definition) is 2. The molecule has 2 N–H and O–H groups in total. The van der Waals surface area contributed by atoms with Crippen LogP contribution in [0.3, 0.4) is 0 Å². The number of nitriles is 1. The maximum atomic E-state index is 12.6. The molecule has 1 amide bonds. The molecule has 0 unspecified atom stereocenters. The van der Waals surface area contributed by atoms with E-state index in [1.165, 1.54) is 0 Å². The Morgan fingerprint density at radius 1 is 1.10 bits per heavy atom. The van der Waals surface area contributed by atoms with Crippen LogP contribution in [0.4, 0.5) is 17.3 Å². The summed E-state index contributed by atoms with van der Waals surface area (Å²) in [5.74, 6) is 0.292. The lowest BCUT2D eigenvalue weighted by molar-refractivity contribution is 0.0951. The number of pyridine rings is 2. The van der Waals surface area contributed by atoms with Crippen molar-refractivity contribution in [2.75, 3.05) is 23.3 Å². The molecule has 0 aliphatic carbocycles.